The standard InChI is InChI=1S/C20H26FN7O/c21-16-9-7-15(8-10-16)17(29)25-26-18-22-19(27-11-3-1-4-12-27)24-20(23-18)28-13-5-2-6-14-28/h7-10H,1-6,11-14H2,(H,25,29)(H,22,23,24,26). The Balaban J connectivity index is 1.52. The average Bonchev–Trinajstić information content (AvgIpc) is 2.79. The molecule has 2 aromatic rings. The maximum atomic E-state index is 13.1. The number of piperidine rings is 2. The molecule has 2 saturated heterocycles. The maximum Gasteiger partial charge on any atom is 0.269 e. The minimum Gasteiger partial charge on any atom is -0.341 e. The quantitative estimate of drug-likeness (QED) is 0.748. The van der Waals surface area contributed by atoms with Gasteiger partial charge < -0.3 is 9.80 Å². The second-order valence-electron chi connectivity index (χ2n) is 7.44. The highest BCUT2D eigenvalue weighted by molar-refractivity contribution is 5.94. The van der Waals surface area contributed by atoms with E-state index in [-0.39, 0.29) is 11.7 Å². The maximum absolute atomic E-state index is 13.1. The van der Waals surface area contributed by atoms with Crippen molar-refractivity contribution in [2.75, 3.05) is 41.4 Å². The van der Waals surface area contributed by atoms with E-state index in [1.54, 1.807) is 0 Å². The molecule has 0 unspecified atom stereocenters. The number of rotatable bonds is 5. The van der Waals surface area contributed by atoms with Crippen LogP contribution in [0.25, 0.3) is 0 Å². The smallest absolute Gasteiger partial charge is 0.269 e. The Kier molecular flexibility index (Phi) is 6.02. The lowest BCUT2D eigenvalue weighted by atomic mass is 10.1. The van der Waals surface area contributed by atoms with E-state index < -0.39 is 0 Å². The molecule has 0 atom stereocenters. The predicted octanol–water partition coefficient (Wildman–Crippen LogP) is 2.75. The summed E-state index contributed by atoms with van der Waals surface area (Å²) >= 11 is 0. The summed E-state index contributed by atoms with van der Waals surface area (Å²) in [4.78, 5) is 30.4. The Bertz CT molecular complexity index is 797. The molecule has 0 saturated carbocycles. The van der Waals surface area contributed by atoms with Gasteiger partial charge in [-0.15, -0.1) is 0 Å². The number of carbonyl (C=O) groups is 1. The van der Waals surface area contributed by atoms with Crippen molar-refractivity contribution in [2.24, 2.45) is 0 Å². The summed E-state index contributed by atoms with van der Waals surface area (Å²) in [6.07, 6.45) is 6.92. The molecule has 4 rings (SSSR count). The molecule has 0 spiro atoms. The Hall–Kier alpha value is -2.97. The minimum absolute atomic E-state index is 0.302. The summed E-state index contributed by atoms with van der Waals surface area (Å²) in [7, 11) is 0. The third-order valence-electron chi connectivity index (χ3n) is 5.28. The first kappa shape index (κ1) is 19.4. The molecule has 29 heavy (non-hydrogen) atoms. The lowest BCUT2D eigenvalue weighted by molar-refractivity contribution is 0.0962. The van der Waals surface area contributed by atoms with E-state index in [2.05, 4.69) is 30.6 Å². The van der Waals surface area contributed by atoms with Crippen LogP contribution in [-0.2, 0) is 0 Å². The summed E-state index contributed by atoms with van der Waals surface area (Å²) in [5.74, 6) is 0.808. The van der Waals surface area contributed by atoms with Gasteiger partial charge >= 0.3 is 0 Å². The van der Waals surface area contributed by atoms with Gasteiger partial charge in [-0.2, -0.15) is 15.0 Å². The fourth-order valence-corrected chi connectivity index (χ4v) is 3.67. The normalized spacial score (nSPS) is 17.1. The fraction of sp³-hybridized carbons (Fsp3) is 0.500. The van der Waals surface area contributed by atoms with Gasteiger partial charge in [0.15, 0.2) is 0 Å². The van der Waals surface area contributed by atoms with Crippen molar-refractivity contribution in [1.82, 2.24) is 20.4 Å². The van der Waals surface area contributed by atoms with E-state index in [9.17, 15) is 9.18 Å². The monoisotopic (exact) mass is 399 g/mol. The third kappa shape index (κ3) is 4.90. The number of hydrogen-bond donors (Lipinski definition) is 2. The molecule has 1 aromatic heterocycles. The molecular weight excluding hydrogens is 373 g/mol. The van der Waals surface area contributed by atoms with Crippen molar-refractivity contribution in [2.45, 2.75) is 38.5 Å². The first-order valence-corrected chi connectivity index (χ1v) is 10.3. The van der Waals surface area contributed by atoms with Gasteiger partial charge in [0, 0.05) is 31.7 Å². The first-order chi connectivity index (χ1) is 14.2. The molecule has 9 heteroatoms. The molecule has 154 valence electrons. The number of benzene rings is 1. The molecule has 2 N–H and O–H groups in total. The molecule has 8 nitrogen and oxygen atoms in total. The van der Waals surface area contributed by atoms with E-state index in [0.717, 1.165) is 51.9 Å². The van der Waals surface area contributed by atoms with Crippen LogP contribution in [0, 0.1) is 5.82 Å². The van der Waals surface area contributed by atoms with Crippen LogP contribution in [0.1, 0.15) is 48.9 Å². The predicted molar refractivity (Wildman–Crippen MR) is 109 cm³/mol. The van der Waals surface area contributed by atoms with Gasteiger partial charge in [0.05, 0.1) is 0 Å². The zero-order valence-electron chi connectivity index (χ0n) is 16.4. The number of amides is 1. The van der Waals surface area contributed by atoms with Crippen LogP contribution < -0.4 is 20.7 Å². The number of halogens is 1. The summed E-state index contributed by atoms with van der Waals surface area (Å²) < 4.78 is 13.1. The lowest BCUT2D eigenvalue weighted by Crippen LogP contribution is -2.36. The molecule has 1 amide bonds. The van der Waals surface area contributed by atoms with Crippen molar-refractivity contribution in [3.8, 4) is 0 Å². The molecule has 0 aliphatic carbocycles. The van der Waals surface area contributed by atoms with Crippen LogP contribution in [0.15, 0.2) is 24.3 Å². The number of carbonyl (C=O) groups excluding carboxylic acids is 1. The van der Waals surface area contributed by atoms with Crippen LogP contribution in [0.2, 0.25) is 0 Å². The van der Waals surface area contributed by atoms with Crippen molar-refractivity contribution in [3.05, 3.63) is 35.6 Å². The first-order valence-electron chi connectivity index (χ1n) is 10.3. The van der Waals surface area contributed by atoms with Crippen molar-refractivity contribution in [3.63, 3.8) is 0 Å². The lowest BCUT2D eigenvalue weighted by Gasteiger charge is -2.30. The van der Waals surface area contributed by atoms with Crippen LogP contribution in [0.4, 0.5) is 22.2 Å². The zero-order chi connectivity index (χ0) is 20.1. The van der Waals surface area contributed by atoms with Gasteiger partial charge in [-0.1, -0.05) is 0 Å². The average molecular weight is 399 g/mol. The molecule has 0 radical (unpaired) electrons. The second-order valence-corrected chi connectivity index (χ2v) is 7.44. The van der Waals surface area contributed by atoms with E-state index in [0.29, 0.717) is 23.4 Å². The molecule has 2 fully saturated rings. The molecule has 0 bridgehead atoms. The molecular formula is C20H26FN7O. The van der Waals surface area contributed by atoms with E-state index in [1.807, 2.05) is 0 Å². The van der Waals surface area contributed by atoms with Gasteiger partial charge in [-0.25, -0.2) is 4.39 Å². The molecule has 2 aliphatic heterocycles. The van der Waals surface area contributed by atoms with Crippen molar-refractivity contribution < 1.29 is 9.18 Å². The van der Waals surface area contributed by atoms with Crippen LogP contribution in [0.3, 0.4) is 0 Å². The molecule has 3 heterocycles. The SMILES string of the molecule is O=C(NNc1nc(N2CCCCC2)nc(N2CCCCC2)n1)c1ccc(F)cc1. The summed E-state index contributed by atoms with van der Waals surface area (Å²) in [6.45, 7) is 3.69. The number of hydrogen-bond acceptors (Lipinski definition) is 7. The van der Waals surface area contributed by atoms with Gasteiger partial charge in [0.25, 0.3) is 5.91 Å². The number of aromatic nitrogens is 3. The number of nitrogens with zero attached hydrogens (tertiary/aromatic N) is 5. The Morgan fingerprint density at radius 3 is 1.83 bits per heavy atom. The molecule has 2 aliphatic rings. The second kappa shape index (κ2) is 9.02. The van der Waals surface area contributed by atoms with Gasteiger partial charge in [-0.05, 0) is 62.8 Å². The Morgan fingerprint density at radius 1 is 0.793 bits per heavy atom. The van der Waals surface area contributed by atoms with Crippen LogP contribution in [0.5, 0.6) is 0 Å². The van der Waals surface area contributed by atoms with E-state index >= 15 is 0 Å². The summed E-state index contributed by atoms with van der Waals surface area (Å²) in [5, 5.41) is 0. The Labute approximate surface area is 169 Å². The highest BCUT2D eigenvalue weighted by Crippen LogP contribution is 2.22. The highest BCUT2D eigenvalue weighted by Gasteiger charge is 2.20. The van der Waals surface area contributed by atoms with E-state index in [1.165, 1.54) is 37.1 Å². The van der Waals surface area contributed by atoms with Crippen molar-refractivity contribution >= 4 is 23.8 Å². The summed E-state index contributed by atoms with van der Waals surface area (Å²) in [6, 6.07) is 5.36. The van der Waals surface area contributed by atoms with Crippen LogP contribution >= 0.6 is 0 Å². The Morgan fingerprint density at radius 2 is 1.31 bits per heavy atom. The highest BCUT2D eigenvalue weighted by atomic mass is 19.1. The van der Waals surface area contributed by atoms with E-state index in [4.69, 9.17) is 4.98 Å². The molecule has 1 aromatic carbocycles. The van der Waals surface area contributed by atoms with Gasteiger partial charge in [0.2, 0.25) is 17.8 Å². The fourth-order valence-electron chi connectivity index (χ4n) is 3.67. The van der Waals surface area contributed by atoms with Gasteiger partial charge in [-0.3, -0.25) is 15.6 Å². The van der Waals surface area contributed by atoms with Crippen molar-refractivity contribution in [1.29, 1.82) is 0 Å². The summed E-state index contributed by atoms with van der Waals surface area (Å²) in [5.41, 5.74) is 5.75. The third-order valence-corrected chi connectivity index (χ3v) is 5.28. The zero-order valence-corrected chi connectivity index (χ0v) is 16.4. The van der Waals surface area contributed by atoms with Crippen LogP contribution in [-0.4, -0.2) is 47.0 Å². The number of nitrogens with one attached hydrogen (secondary N) is 2. The topological polar surface area (TPSA) is 86.3 Å². The largest absolute Gasteiger partial charge is 0.341 e. The number of anilines is 3. The number of hydrazine groups is 1. The van der Waals surface area contributed by atoms with Gasteiger partial charge in [0.1, 0.15) is 5.82 Å². The minimum atomic E-state index is -0.385.